The number of esters is 1. The van der Waals surface area contributed by atoms with Gasteiger partial charge in [-0.1, -0.05) is 13.0 Å². The summed E-state index contributed by atoms with van der Waals surface area (Å²) in [4.78, 5) is 45.7. The van der Waals surface area contributed by atoms with Crippen LogP contribution in [0.4, 0.5) is 5.00 Å². The van der Waals surface area contributed by atoms with Crippen molar-refractivity contribution in [3.05, 3.63) is 67.4 Å². The number of thiophene rings is 1. The molecule has 192 valence electrons. The Labute approximate surface area is 217 Å². The van der Waals surface area contributed by atoms with Gasteiger partial charge in [-0.25, -0.2) is 9.78 Å². The monoisotopic (exact) mass is 519 g/mol. The number of hydrogen-bond donors (Lipinski definition) is 2. The topological polar surface area (TPSA) is 119 Å². The molecule has 0 bridgehead atoms. The van der Waals surface area contributed by atoms with Crippen LogP contribution in [-0.2, 0) is 24.1 Å². The molecule has 1 amide bonds. The summed E-state index contributed by atoms with van der Waals surface area (Å²) in [5.41, 5.74) is 2.80. The number of rotatable bonds is 6. The molecule has 0 saturated heterocycles. The van der Waals surface area contributed by atoms with Gasteiger partial charge in [0, 0.05) is 17.6 Å². The molecule has 0 atom stereocenters. The van der Waals surface area contributed by atoms with Gasteiger partial charge in [-0.15, -0.1) is 11.3 Å². The van der Waals surface area contributed by atoms with Crippen LogP contribution in [0.25, 0.3) is 16.7 Å². The van der Waals surface area contributed by atoms with Crippen LogP contribution in [0.1, 0.15) is 69.8 Å². The molecule has 0 aromatic carbocycles. The van der Waals surface area contributed by atoms with Crippen LogP contribution >= 0.6 is 11.3 Å². The molecule has 4 aromatic rings. The number of hydrogen-bond acceptors (Lipinski definition) is 7. The molecule has 10 heteroatoms. The molecule has 4 heterocycles. The Morgan fingerprint density at radius 2 is 2.00 bits per heavy atom. The fourth-order valence-corrected chi connectivity index (χ4v) is 6.23. The number of ether oxygens (including phenoxy) is 1. The van der Waals surface area contributed by atoms with Crippen molar-refractivity contribution in [1.29, 1.82) is 5.41 Å². The van der Waals surface area contributed by atoms with E-state index in [1.165, 1.54) is 21.8 Å². The second-order valence-electron chi connectivity index (χ2n) is 9.19. The lowest BCUT2D eigenvalue weighted by Crippen LogP contribution is -2.32. The third kappa shape index (κ3) is 4.25. The largest absolute Gasteiger partial charge is 0.462 e. The van der Waals surface area contributed by atoms with Gasteiger partial charge in [-0.05, 0) is 69.2 Å². The minimum Gasteiger partial charge on any atom is -0.462 e. The normalized spacial score (nSPS) is 13.1. The van der Waals surface area contributed by atoms with Gasteiger partial charge in [0.15, 0.2) is 0 Å². The molecule has 0 saturated carbocycles. The van der Waals surface area contributed by atoms with E-state index in [-0.39, 0.29) is 28.6 Å². The van der Waals surface area contributed by atoms with Crippen LogP contribution in [0, 0.1) is 12.3 Å². The first-order chi connectivity index (χ1) is 17.8. The van der Waals surface area contributed by atoms with Gasteiger partial charge in [0.05, 0.1) is 23.1 Å². The second kappa shape index (κ2) is 9.93. The Hall–Kier alpha value is -3.79. The number of amides is 1. The van der Waals surface area contributed by atoms with Crippen molar-refractivity contribution in [3.63, 3.8) is 0 Å². The van der Waals surface area contributed by atoms with E-state index in [0.29, 0.717) is 34.8 Å². The maximum atomic E-state index is 13.6. The number of nitrogens with zero attached hydrogens (tertiary/aromatic N) is 3. The summed E-state index contributed by atoms with van der Waals surface area (Å²) < 4.78 is 8.38. The summed E-state index contributed by atoms with van der Waals surface area (Å²) in [6.45, 7) is 6.25. The molecular weight excluding hydrogens is 490 g/mol. The quantitative estimate of drug-likeness (QED) is 0.292. The predicted octanol–water partition coefficient (Wildman–Crippen LogP) is 4.22. The highest BCUT2D eigenvalue weighted by molar-refractivity contribution is 7.17. The molecule has 0 fully saturated rings. The van der Waals surface area contributed by atoms with Crippen LogP contribution < -0.4 is 16.4 Å². The highest BCUT2D eigenvalue weighted by Gasteiger charge is 2.28. The average Bonchev–Trinajstić information content (AvgIpc) is 3.24. The lowest BCUT2D eigenvalue weighted by molar-refractivity contribution is 0.0526. The number of carbonyl (C=O) groups excluding carboxylic acids is 2. The van der Waals surface area contributed by atoms with Gasteiger partial charge in [0.25, 0.3) is 11.5 Å². The summed E-state index contributed by atoms with van der Waals surface area (Å²) in [6.07, 6.45) is 5.97. The van der Waals surface area contributed by atoms with Crippen molar-refractivity contribution in [2.45, 2.75) is 59.4 Å². The average molecular weight is 520 g/mol. The maximum Gasteiger partial charge on any atom is 0.341 e. The zero-order valence-electron chi connectivity index (χ0n) is 21.1. The summed E-state index contributed by atoms with van der Waals surface area (Å²) in [6, 6.07) is 5.10. The minimum atomic E-state index is -0.547. The molecule has 0 aliphatic heterocycles. The Morgan fingerprint density at radius 1 is 1.22 bits per heavy atom. The van der Waals surface area contributed by atoms with Crippen molar-refractivity contribution < 1.29 is 14.3 Å². The molecule has 5 rings (SSSR count). The maximum absolute atomic E-state index is 13.6. The number of anilines is 1. The number of aryl methyl sites for hydroxylation is 3. The van der Waals surface area contributed by atoms with Crippen molar-refractivity contribution >= 4 is 44.9 Å². The van der Waals surface area contributed by atoms with Crippen LogP contribution in [0.5, 0.6) is 0 Å². The Kier molecular flexibility index (Phi) is 6.68. The highest BCUT2D eigenvalue weighted by Crippen LogP contribution is 2.38. The highest BCUT2D eigenvalue weighted by atomic mass is 32.1. The van der Waals surface area contributed by atoms with E-state index in [2.05, 4.69) is 5.32 Å². The molecule has 1 aliphatic rings. The molecule has 0 unspecified atom stereocenters. The zero-order valence-corrected chi connectivity index (χ0v) is 22.0. The first-order valence-electron chi connectivity index (χ1n) is 12.6. The van der Waals surface area contributed by atoms with Crippen LogP contribution in [0.15, 0.2) is 29.2 Å². The lowest BCUT2D eigenvalue weighted by atomic mass is 9.95. The fourth-order valence-electron chi connectivity index (χ4n) is 4.95. The van der Waals surface area contributed by atoms with Crippen LogP contribution in [0.2, 0.25) is 0 Å². The van der Waals surface area contributed by atoms with E-state index >= 15 is 0 Å². The van der Waals surface area contributed by atoms with Crippen molar-refractivity contribution in [1.82, 2.24) is 14.0 Å². The van der Waals surface area contributed by atoms with Gasteiger partial charge in [-0.2, -0.15) is 0 Å². The summed E-state index contributed by atoms with van der Waals surface area (Å²) in [7, 11) is 0. The summed E-state index contributed by atoms with van der Waals surface area (Å²) in [5.74, 6) is -0.998. The van der Waals surface area contributed by atoms with E-state index in [9.17, 15) is 14.4 Å². The standard InChI is InChI=1S/C27H29N5O4S/c1-4-12-31-21(28)17(14-18-23(31)29-22-15(3)9-8-13-32(22)26(18)34)24(33)30-25-20(27(35)36-5-2)16-10-6-7-11-19(16)37-25/h8-9,13-14,28H,4-7,10-12H2,1-3H3,(H,30,33). The third-order valence-electron chi connectivity index (χ3n) is 6.70. The molecule has 4 aromatic heterocycles. The SMILES string of the molecule is CCCn1c(=N)c(C(=O)Nc2sc3c(c2C(=O)OCC)CCCC3)cc2c(=O)n3cccc(C)c3nc21. The first-order valence-corrected chi connectivity index (χ1v) is 13.4. The molecule has 0 radical (unpaired) electrons. The van der Waals surface area contributed by atoms with E-state index in [4.69, 9.17) is 15.1 Å². The van der Waals surface area contributed by atoms with Crippen molar-refractivity contribution in [2.75, 3.05) is 11.9 Å². The van der Waals surface area contributed by atoms with E-state index in [1.807, 2.05) is 19.9 Å². The first kappa shape index (κ1) is 24.9. The van der Waals surface area contributed by atoms with Crippen molar-refractivity contribution in [3.8, 4) is 0 Å². The van der Waals surface area contributed by atoms with E-state index in [1.54, 1.807) is 23.8 Å². The summed E-state index contributed by atoms with van der Waals surface area (Å²) in [5, 5.41) is 12.4. The number of aromatic nitrogens is 3. The number of carbonyl (C=O) groups is 2. The Balaban J connectivity index is 1.66. The molecular formula is C27H29N5O4S. The van der Waals surface area contributed by atoms with Crippen LogP contribution in [-0.4, -0.2) is 32.4 Å². The van der Waals surface area contributed by atoms with Gasteiger partial charge in [0.1, 0.15) is 21.8 Å². The number of nitrogens with one attached hydrogen (secondary N) is 2. The van der Waals surface area contributed by atoms with Crippen LogP contribution in [0.3, 0.4) is 0 Å². The minimum absolute atomic E-state index is 0.0318. The molecule has 9 nitrogen and oxygen atoms in total. The lowest BCUT2D eigenvalue weighted by Gasteiger charge is -2.15. The molecule has 37 heavy (non-hydrogen) atoms. The van der Waals surface area contributed by atoms with Gasteiger partial charge in [-0.3, -0.25) is 19.4 Å². The fraction of sp³-hybridized carbons (Fsp3) is 0.370. The zero-order chi connectivity index (χ0) is 26.3. The molecule has 1 aliphatic carbocycles. The number of fused-ring (bicyclic) bond motifs is 3. The number of pyridine rings is 2. The smallest absolute Gasteiger partial charge is 0.341 e. The van der Waals surface area contributed by atoms with Crippen molar-refractivity contribution in [2.24, 2.45) is 0 Å². The summed E-state index contributed by atoms with van der Waals surface area (Å²) >= 11 is 1.39. The van der Waals surface area contributed by atoms with E-state index in [0.717, 1.165) is 41.7 Å². The Bertz CT molecular complexity index is 1680. The van der Waals surface area contributed by atoms with Gasteiger partial charge in [0.2, 0.25) is 0 Å². The third-order valence-corrected chi connectivity index (χ3v) is 7.91. The van der Waals surface area contributed by atoms with E-state index < -0.39 is 11.9 Å². The second-order valence-corrected chi connectivity index (χ2v) is 10.3. The van der Waals surface area contributed by atoms with Gasteiger partial charge < -0.3 is 14.6 Å². The Morgan fingerprint density at radius 3 is 2.76 bits per heavy atom. The predicted molar refractivity (Wildman–Crippen MR) is 143 cm³/mol. The molecule has 0 spiro atoms. The van der Waals surface area contributed by atoms with Gasteiger partial charge >= 0.3 is 5.97 Å². The molecule has 2 N–H and O–H groups in total.